The molecule has 0 spiro atoms. The SMILES string of the molecule is Cc1ccc(F)c(C(=O)NC2C(N)C3CCCOC32)c1F. The van der Waals surface area contributed by atoms with Crippen molar-refractivity contribution in [3.63, 3.8) is 0 Å². The van der Waals surface area contributed by atoms with Gasteiger partial charge in [-0.3, -0.25) is 4.79 Å². The highest BCUT2D eigenvalue weighted by molar-refractivity contribution is 5.95. The minimum Gasteiger partial charge on any atom is -0.376 e. The number of rotatable bonds is 2. The van der Waals surface area contributed by atoms with Gasteiger partial charge in [-0.25, -0.2) is 8.78 Å². The molecule has 1 saturated heterocycles. The van der Waals surface area contributed by atoms with Crippen molar-refractivity contribution >= 4 is 5.91 Å². The lowest BCUT2D eigenvalue weighted by molar-refractivity contribution is -0.117. The molecule has 3 rings (SSSR count). The fourth-order valence-electron chi connectivity index (χ4n) is 3.21. The van der Waals surface area contributed by atoms with Crippen molar-refractivity contribution in [2.45, 2.75) is 38.0 Å². The van der Waals surface area contributed by atoms with Gasteiger partial charge in [0.1, 0.15) is 17.2 Å². The molecule has 6 heteroatoms. The van der Waals surface area contributed by atoms with E-state index in [1.54, 1.807) is 0 Å². The average molecular weight is 296 g/mol. The third-order valence-corrected chi connectivity index (χ3v) is 4.49. The Morgan fingerprint density at radius 2 is 2.19 bits per heavy atom. The number of halogens is 2. The number of fused-ring (bicyclic) bond motifs is 1. The van der Waals surface area contributed by atoms with Crippen molar-refractivity contribution in [3.8, 4) is 0 Å². The Morgan fingerprint density at radius 1 is 1.43 bits per heavy atom. The highest BCUT2D eigenvalue weighted by atomic mass is 19.1. The number of amides is 1. The van der Waals surface area contributed by atoms with Crippen LogP contribution >= 0.6 is 0 Å². The van der Waals surface area contributed by atoms with Crippen LogP contribution in [0.2, 0.25) is 0 Å². The van der Waals surface area contributed by atoms with Crippen LogP contribution in [0.1, 0.15) is 28.8 Å². The summed E-state index contributed by atoms with van der Waals surface area (Å²) in [5.74, 6) is -2.26. The molecule has 3 N–H and O–H groups in total. The van der Waals surface area contributed by atoms with Gasteiger partial charge in [-0.1, -0.05) is 6.07 Å². The van der Waals surface area contributed by atoms with E-state index in [1.807, 2.05) is 0 Å². The molecule has 1 heterocycles. The van der Waals surface area contributed by atoms with Gasteiger partial charge in [-0.15, -0.1) is 0 Å². The summed E-state index contributed by atoms with van der Waals surface area (Å²) in [5, 5.41) is 2.62. The Morgan fingerprint density at radius 3 is 2.95 bits per heavy atom. The van der Waals surface area contributed by atoms with Crippen molar-refractivity contribution in [1.29, 1.82) is 0 Å². The van der Waals surface area contributed by atoms with Crippen molar-refractivity contribution in [2.75, 3.05) is 6.61 Å². The van der Waals surface area contributed by atoms with E-state index < -0.39 is 23.1 Å². The highest BCUT2D eigenvalue weighted by Gasteiger charge is 2.51. The molecule has 1 saturated carbocycles. The van der Waals surface area contributed by atoms with Crippen LogP contribution in [0.15, 0.2) is 12.1 Å². The van der Waals surface area contributed by atoms with Crippen LogP contribution < -0.4 is 11.1 Å². The maximum atomic E-state index is 14.0. The summed E-state index contributed by atoms with van der Waals surface area (Å²) >= 11 is 0. The first-order valence-electron chi connectivity index (χ1n) is 7.13. The second kappa shape index (κ2) is 5.35. The van der Waals surface area contributed by atoms with Gasteiger partial charge in [-0.2, -0.15) is 0 Å². The van der Waals surface area contributed by atoms with Crippen LogP contribution in [0.4, 0.5) is 8.78 Å². The molecule has 0 bridgehead atoms. The first kappa shape index (κ1) is 14.4. The van der Waals surface area contributed by atoms with Crippen LogP contribution in [0.5, 0.6) is 0 Å². The Bertz CT molecular complexity index is 579. The normalized spacial score (nSPS) is 31.2. The zero-order valence-electron chi connectivity index (χ0n) is 11.7. The second-order valence-corrected chi connectivity index (χ2v) is 5.77. The zero-order chi connectivity index (χ0) is 15.1. The molecule has 21 heavy (non-hydrogen) atoms. The van der Waals surface area contributed by atoms with Gasteiger partial charge in [0.15, 0.2) is 0 Å². The van der Waals surface area contributed by atoms with Crippen molar-refractivity contribution in [2.24, 2.45) is 11.7 Å². The number of carbonyl (C=O) groups is 1. The van der Waals surface area contributed by atoms with Gasteiger partial charge < -0.3 is 15.8 Å². The standard InChI is InChI=1S/C15H18F2N2O2/c1-7-4-5-9(16)10(11(7)17)15(20)19-13-12(18)8-3-2-6-21-14(8)13/h4-5,8,12-14H,2-3,6,18H2,1H3,(H,19,20). The summed E-state index contributed by atoms with van der Waals surface area (Å²) in [6, 6.07) is 1.78. The molecular formula is C15H18F2N2O2. The lowest BCUT2D eigenvalue weighted by atomic mass is 9.68. The Kier molecular flexibility index (Phi) is 3.67. The van der Waals surface area contributed by atoms with E-state index in [0.717, 1.165) is 18.9 Å². The van der Waals surface area contributed by atoms with Crippen LogP contribution in [0.3, 0.4) is 0 Å². The van der Waals surface area contributed by atoms with Crippen LogP contribution in [-0.2, 0) is 4.74 Å². The van der Waals surface area contributed by atoms with Gasteiger partial charge in [-0.05, 0) is 31.4 Å². The number of nitrogens with one attached hydrogen (secondary N) is 1. The molecule has 1 aliphatic heterocycles. The number of aryl methyl sites for hydroxylation is 1. The number of nitrogens with two attached hydrogens (primary N) is 1. The molecule has 4 nitrogen and oxygen atoms in total. The Balaban J connectivity index is 1.77. The summed E-state index contributed by atoms with van der Waals surface area (Å²) in [4.78, 5) is 12.2. The molecule has 1 amide bonds. The molecule has 114 valence electrons. The molecule has 2 aliphatic rings. The molecule has 0 aromatic heterocycles. The van der Waals surface area contributed by atoms with E-state index in [0.29, 0.717) is 6.61 Å². The van der Waals surface area contributed by atoms with Crippen LogP contribution in [0.25, 0.3) is 0 Å². The van der Waals surface area contributed by atoms with E-state index in [9.17, 15) is 13.6 Å². The lowest BCUT2D eigenvalue weighted by Crippen LogP contribution is -2.72. The maximum Gasteiger partial charge on any atom is 0.257 e. The Labute approximate surface area is 121 Å². The molecule has 1 aromatic carbocycles. The molecule has 0 radical (unpaired) electrons. The molecule has 1 aliphatic carbocycles. The number of hydrogen-bond donors (Lipinski definition) is 2. The number of hydrogen-bond acceptors (Lipinski definition) is 3. The smallest absolute Gasteiger partial charge is 0.257 e. The molecule has 4 atom stereocenters. The van der Waals surface area contributed by atoms with Gasteiger partial charge in [0.25, 0.3) is 5.91 Å². The first-order chi connectivity index (χ1) is 10.0. The summed E-state index contributed by atoms with van der Waals surface area (Å²) < 4.78 is 33.3. The van der Waals surface area contributed by atoms with Gasteiger partial charge in [0.2, 0.25) is 0 Å². The third-order valence-electron chi connectivity index (χ3n) is 4.49. The van der Waals surface area contributed by atoms with Crippen molar-refractivity contribution in [1.82, 2.24) is 5.32 Å². The van der Waals surface area contributed by atoms with Crippen LogP contribution in [-0.4, -0.2) is 30.7 Å². The molecule has 1 aromatic rings. The number of carbonyl (C=O) groups excluding carboxylic acids is 1. The predicted molar refractivity (Wildman–Crippen MR) is 72.8 cm³/mol. The van der Waals surface area contributed by atoms with Gasteiger partial charge >= 0.3 is 0 Å². The summed E-state index contributed by atoms with van der Waals surface area (Å²) in [5.41, 5.74) is 5.70. The largest absolute Gasteiger partial charge is 0.376 e. The summed E-state index contributed by atoms with van der Waals surface area (Å²) in [6.45, 7) is 2.12. The highest BCUT2D eigenvalue weighted by Crippen LogP contribution is 2.37. The molecular weight excluding hydrogens is 278 g/mol. The van der Waals surface area contributed by atoms with E-state index in [2.05, 4.69) is 5.32 Å². The fraction of sp³-hybridized carbons (Fsp3) is 0.533. The third kappa shape index (κ3) is 2.32. The van der Waals surface area contributed by atoms with Crippen molar-refractivity contribution < 1.29 is 18.3 Å². The van der Waals surface area contributed by atoms with E-state index >= 15 is 0 Å². The minimum atomic E-state index is -0.871. The minimum absolute atomic E-state index is 0.145. The number of ether oxygens (including phenoxy) is 1. The van der Waals surface area contributed by atoms with Crippen LogP contribution in [0, 0.1) is 24.5 Å². The quantitative estimate of drug-likeness (QED) is 0.869. The molecule has 2 fully saturated rings. The topological polar surface area (TPSA) is 64.4 Å². The fourth-order valence-corrected chi connectivity index (χ4v) is 3.21. The lowest BCUT2D eigenvalue weighted by Gasteiger charge is -2.52. The Hall–Kier alpha value is -1.53. The van der Waals surface area contributed by atoms with Gasteiger partial charge in [0.05, 0.1) is 12.1 Å². The average Bonchev–Trinajstić information content (AvgIpc) is 2.48. The molecule has 4 unspecified atom stereocenters. The summed E-state index contributed by atoms with van der Waals surface area (Å²) in [7, 11) is 0. The monoisotopic (exact) mass is 296 g/mol. The predicted octanol–water partition coefficient (Wildman–Crippen LogP) is 1.51. The van der Waals surface area contributed by atoms with Gasteiger partial charge in [0, 0.05) is 18.6 Å². The summed E-state index contributed by atoms with van der Waals surface area (Å²) in [6.07, 6.45) is 1.77. The zero-order valence-corrected chi connectivity index (χ0v) is 11.7. The van der Waals surface area contributed by atoms with E-state index in [1.165, 1.54) is 13.0 Å². The van der Waals surface area contributed by atoms with E-state index in [-0.39, 0.29) is 29.7 Å². The first-order valence-corrected chi connectivity index (χ1v) is 7.13. The maximum absolute atomic E-state index is 14.0. The van der Waals surface area contributed by atoms with Crippen molar-refractivity contribution in [3.05, 3.63) is 34.9 Å². The second-order valence-electron chi connectivity index (χ2n) is 5.77. The number of benzene rings is 1. The van der Waals surface area contributed by atoms with E-state index in [4.69, 9.17) is 10.5 Å².